The number of nitrogens with zero attached hydrogens (tertiary/aromatic N) is 2. The van der Waals surface area contributed by atoms with Crippen LogP contribution in [0.25, 0.3) is 0 Å². The fraction of sp³-hybridized carbons (Fsp3) is 0.917. The maximum Gasteiger partial charge on any atom is 0.0570 e. The molecule has 3 heteroatoms. The Kier molecular flexibility index (Phi) is 4.00. The van der Waals surface area contributed by atoms with E-state index in [0.29, 0.717) is 5.92 Å². The third-order valence-corrected chi connectivity index (χ3v) is 3.86. The van der Waals surface area contributed by atoms with E-state index >= 15 is 0 Å². The first-order valence-electron chi connectivity index (χ1n) is 6.21. The zero-order valence-electron chi connectivity index (χ0n) is 9.57. The highest BCUT2D eigenvalue weighted by Crippen LogP contribution is 2.20. The molecule has 0 aromatic carbocycles. The molecule has 1 unspecified atom stereocenters. The molecule has 2 aliphatic rings. The summed E-state index contributed by atoms with van der Waals surface area (Å²) >= 11 is 0. The van der Waals surface area contributed by atoms with Crippen LogP contribution in [0, 0.1) is 12.8 Å². The minimum atomic E-state index is -0.359. The average Bonchev–Trinajstić information content (AvgIpc) is 2.16. The summed E-state index contributed by atoms with van der Waals surface area (Å²) in [5.74, 6) is 0.435. The minimum Gasteiger partial charge on any atom is -0.393 e. The lowest BCUT2D eigenvalue weighted by Gasteiger charge is -2.36. The summed E-state index contributed by atoms with van der Waals surface area (Å²) in [7, 11) is 0. The largest absolute Gasteiger partial charge is 0.393 e. The molecule has 1 atom stereocenters. The van der Waals surface area contributed by atoms with E-state index in [1.165, 1.54) is 32.6 Å². The number of rotatable bonds is 4. The fourth-order valence-corrected chi connectivity index (χ4v) is 2.45. The van der Waals surface area contributed by atoms with Crippen LogP contribution in [0.4, 0.5) is 0 Å². The predicted octanol–water partition coefficient (Wildman–Crippen LogP) is 0.599. The number of piperidine rings is 1. The van der Waals surface area contributed by atoms with E-state index in [1.807, 2.05) is 0 Å². The summed E-state index contributed by atoms with van der Waals surface area (Å²) in [6.45, 7) is 11.0. The first kappa shape index (κ1) is 11.4. The lowest BCUT2D eigenvalue weighted by atomic mass is 9.92. The van der Waals surface area contributed by atoms with Crippen LogP contribution in [0.15, 0.2) is 0 Å². The molecule has 0 bridgehead atoms. The van der Waals surface area contributed by atoms with Crippen LogP contribution >= 0.6 is 0 Å². The van der Waals surface area contributed by atoms with Crippen molar-refractivity contribution in [3.63, 3.8) is 0 Å². The summed E-state index contributed by atoms with van der Waals surface area (Å²) in [6, 6.07) is 0. The normalized spacial score (nSPS) is 27.6. The summed E-state index contributed by atoms with van der Waals surface area (Å²) < 4.78 is 0. The van der Waals surface area contributed by atoms with Gasteiger partial charge in [-0.3, -0.25) is 0 Å². The molecule has 3 nitrogen and oxygen atoms in total. The maximum absolute atomic E-state index is 9.39. The van der Waals surface area contributed by atoms with Crippen molar-refractivity contribution >= 4 is 0 Å². The van der Waals surface area contributed by atoms with Gasteiger partial charge >= 0.3 is 0 Å². The molecule has 87 valence electrons. The Bertz CT molecular complexity index is 184. The standard InChI is InChI=1S/C12H23N2O/c1-11(15)12-3-7-14(8-4-12)10-9-13-5-2-6-13/h11-12,15H,1-10H2. The van der Waals surface area contributed by atoms with E-state index in [2.05, 4.69) is 16.7 Å². The van der Waals surface area contributed by atoms with Crippen molar-refractivity contribution in [3.8, 4) is 0 Å². The second kappa shape index (κ2) is 5.28. The monoisotopic (exact) mass is 211 g/mol. The van der Waals surface area contributed by atoms with E-state index in [9.17, 15) is 5.11 Å². The van der Waals surface area contributed by atoms with Crippen LogP contribution in [0.5, 0.6) is 0 Å². The van der Waals surface area contributed by atoms with E-state index in [4.69, 9.17) is 0 Å². The van der Waals surface area contributed by atoms with E-state index < -0.39 is 0 Å². The molecule has 0 aliphatic carbocycles. The Hall–Kier alpha value is -0.120. The molecule has 1 radical (unpaired) electrons. The lowest BCUT2D eigenvalue weighted by Crippen LogP contribution is -2.45. The van der Waals surface area contributed by atoms with Gasteiger partial charge in [-0.25, -0.2) is 0 Å². The summed E-state index contributed by atoms with van der Waals surface area (Å²) in [6.07, 6.45) is 3.26. The Labute approximate surface area is 93.1 Å². The van der Waals surface area contributed by atoms with Crippen LogP contribution in [-0.2, 0) is 0 Å². The second-order valence-electron chi connectivity index (χ2n) is 4.94. The van der Waals surface area contributed by atoms with Crippen LogP contribution in [0.3, 0.4) is 0 Å². The average molecular weight is 211 g/mol. The van der Waals surface area contributed by atoms with Gasteiger partial charge in [-0.1, -0.05) is 0 Å². The molecule has 0 aromatic rings. The molecule has 1 N–H and O–H groups in total. The molecule has 2 rings (SSSR count). The summed E-state index contributed by atoms with van der Waals surface area (Å²) in [4.78, 5) is 5.04. The highest BCUT2D eigenvalue weighted by atomic mass is 16.3. The highest BCUT2D eigenvalue weighted by Gasteiger charge is 2.23. The topological polar surface area (TPSA) is 26.7 Å². The van der Waals surface area contributed by atoms with Gasteiger partial charge < -0.3 is 14.9 Å². The second-order valence-corrected chi connectivity index (χ2v) is 4.94. The summed E-state index contributed by atoms with van der Waals surface area (Å²) in [5.41, 5.74) is 0. The molecular formula is C12H23N2O. The Balaban J connectivity index is 1.60. The highest BCUT2D eigenvalue weighted by molar-refractivity contribution is 4.79. The van der Waals surface area contributed by atoms with Crippen molar-refractivity contribution in [1.29, 1.82) is 0 Å². The van der Waals surface area contributed by atoms with Gasteiger partial charge in [0.25, 0.3) is 0 Å². The molecule has 2 heterocycles. The van der Waals surface area contributed by atoms with Crippen molar-refractivity contribution < 1.29 is 5.11 Å². The first-order chi connectivity index (χ1) is 7.25. The molecule has 2 fully saturated rings. The van der Waals surface area contributed by atoms with Gasteiger partial charge in [-0.15, -0.1) is 0 Å². The maximum atomic E-state index is 9.39. The van der Waals surface area contributed by atoms with Crippen molar-refractivity contribution in [3.05, 3.63) is 6.92 Å². The molecular weight excluding hydrogens is 188 g/mol. The van der Waals surface area contributed by atoms with Gasteiger partial charge in [-0.2, -0.15) is 0 Å². The van der Waals surface area contributed by atoms with Gasteiger partial charge in [0.05, 0.1) is 6.10 Å². The lowest BCUT2D eigenvalue weighted by molar-refractivity contribution is 0.0766. The smallest absolute Gasteiger partial charge is 0.0570 e. The molecule has 0 spiro atoms. The first-order valence-corrected chi connectivity index (χ1v) is 6.21. The van der Waals surface area contributed by atoms with Crippen molar-refractivity contribution in [1.82, 2.24) is 9.80 Å². The van der Waals surface area contributed by atoms with Crippen molar-refractivity contribution in [2.45, 2.75) is 25.4 Å². The Morgan fingerprint density at radius 3 is 2.00 bits per heavy atom. The molecule has 0 aromatic heterocycles. The van der Waals surface area contributed by atoms with Crippen LogP contribution in [-0.4, -0.2) is 60.3 Å². The fourth-order valence-electron chi connectivity index (χ4n) is 2.45. The zero-order valence-corrected chi connectivity index (χ0v) is 9.57. The molecule has 15 heavy (non-hydrogen) atoms. The SMILES string of the molecule is [CH2]C(O)C1CCN(CCN2CCC2)CC1. The number of likely N-dealkylation sites (tertiary alicyclic amines) is 2. The Morgan fingerprint density at radius 2 is 1.60 bits per heavy atom. The van der Waals surface area contributed by atoms with E-state index in [0.717, 1.165) is 25.9 Å². The van der Waals surface area contributed by atoms with E-state index in [-0.39, 0.29) is 6.10 Å². The summed E-state index contributed by atoms with van der Waals surface area (Å²) in [5, 5.41) is 9.39. The van der Waals surface area contributed by atoms with Crippen molar-refractivity contribution in [2.24, 2.45) is 5.92 Å². The predicted molar refractivity (Wildman–Crippen MR) is 61.6 cm³/mol. The van der Waals surface area contributed by atoms with E-state index in [1.54, 1.807) is 0 Å². The van der Waals surface area contributed by atoms with Gasteiger partial charge in [0, 0.05) is 13.1 Å². The molecule has 2 aliphatic heterocycles. The third-order valence-electron chi connectivity index (χ3n) is 3.86. The van der Waals surface area contributed by atoms with Crippen LogP contribution in [0.1, 0.15) is 19.3 Å². The number of aliphatic hydroxyl groups is 1. The number of hydrogen-bond acceptors (Lipinski definition) is 3. The Morgan fingerprint density at radius 1 is 1.07 bits per heavy atom. The van der Waals surface area contributed by atoms with Gasteiger partial charge in [0.2, 0.25) is 0 Å². The number of aliphatic hydroxyl groups excluding tert-OH is 1. The van der Waals surface area contributed by atoms with Gasteiger partial charge in [0.15, 0.2) is 0 Å². The molecule has 2 saturated heterocycles. The third kappa shape index (κ3) is 3.16. The minimum absolute atomic E-state index is 0.359. The van der Waals surface area contributed by atoms with Crippen LogP contribution < -0.4 is 0 Å². The quantitative estimate of drug-likeness (QED) is 0.737. The molecule has 0 amide bonds. The van der Waals surface area contributed by atoms with Gasteiger partial charge in [-0.05, 0) is 58.3 Å². The number of hydrogen-bond donors (Lipinski definition) is 1. The van der Waals surface area contributed by atoms with Crippen LogP contribution in [0.2, 0.25) is 0 Å². The molecule has 0 saturated carbocycles. The zero-order chi connectivity index (χ0) is 10.7. The van der Waals surface area contributed by atoms with Gasteiger partial charge in [0.1, 0.15) is 0 Å². The van der Waals surface area contributed by atoms with Crippen molar-refractivity contribution in [2.75, 3.05) is 39.3 Å².